The third-order valence-corrected chi connectivity index (χ3v) is 6.75. The molecule has 7 heteroatoms. The van der Waals surface area contributed by atoms with Gasteiger partial charge in [-0.05, 0) is 35.7 Å². The van der Waals surface area contributed by atoms with Crippen LogP contribution in [0.3, 0.4) is 0 Å². The minimum absolute atomic E-state index is 0.00683. The van der Waals surface area contributed by atoms with Gasteiger partial charge in [0.25, 0.3) is 10.0 Å². The molecule has 0 saturated heterocycles. The van der Waals surface area contributed by atoms with Crippen molar-refractivity contribution in [2.75, 3.05) is 10.9 Å². The molecule has 0 bridgehead atoms. The number of sulfonamides is 1. The Bertz CT molecular complexity index is 907. The van der Waals surface area contributed by atoms with E-state index < -0.39 is 10.0 Å². The summed E-state index contributed by atoms with van der Waals surface area (Å²) in [5.74, 6) is 0.532. The lowest BCUT2D eigenvalue weighted by Crippen LogP contribution is -2.53. The van der Waals surface area contributed by atoms with E-state index in [2.05, 4.69) is 0 Å². The van der Waals surface area contributed by atoms with E-state index in [1.807, 2.05) is 26.8 Å². The van der Waals surface area contributed by atoms with Crippen LogP contribution in [0.4, 0.5) is 5.69 Å². The predicted molar refractivity (Wildman–Crippen MR) is 101 cm³/mol. The van der Waals surface area contributed by atoms with Crippen molar-refractivity contribution in [1.82, 2.24) is 0 Å². The van der Waals surface area contributed by atoms with E-state index >= 15 is 0 Å². The number of ether oxygens (including phenoxy) is 1. The molecule has 1 aliphatic rings. The van der Waals surface area contributed by atoms with Crippen molar-refractivity contribution in [3.8, 4) is 5.75 Å². The normalized spacial score (nSPS) is 17.8. The summed E-state index contributed by atoms with van der Waals surface area (Å²) < 4.78 is 34.2. The van der Waals surface area contributed by atoms with E-state index in [9.17, 15) is 8.42 Å². The number of fused-ring (bicyclic) bond motifs is 1. The molecule has 0 saturated carbocycles. The molecule has 0 N–H and O–H groups in total. The van der Waals surface area contributed by atoms with Crippen molar-refractivity contribution < 1.29 is 13.2 Å². The van der Waals surface area contributed by atoms with Crippen LogP contribution in [0.25, 0.3) is 0 Å². The first kappa shape index (κ1) is 18.4. The molecule has 1 heterocycles. The summed E-state index contributed by atoms with van der Waals surface area (Å²) in [6, 6.07) is 11.2. The van der Waals surface area contributed by atoms with Crippen molar-refractivity contribution in [2.24, 2.45) is 5.41 Å². The monoisotopic (exact) mass is 399 g/mol. The number of rotatable bonds is 2. The standard InChI is InChI=1S/C18H19Cl2NO3S/c1-18(2,3)17-11-24-15-7-5-4-6-14(15)21(17)25(22,23)16-10-12(19)8-9-13(16)20/h4-10,17H,11H2,1-3H3. The van der Waals surface area contributed by atoms with Gasteiger partial charge in [-0.3, -0.25) is 4.31 Å². The second kappa shape index (κ2) is 6.38. The van der Waals surface area contributed by atoms with Gasteiger partial charge in [0.15, 0.2) is 0 Å². The second-order valence-electron chi connectivity index (χ2n) is 7.04. The Labute approximate surface area is 158 Å². The van der Waals surface area contributed by atoms with Crippen LogP contribution in [0.1, 0.15) is 20.8 Å². The molecule has 134 valence electrons. The van der Waals surface area contributed by atoms with Gasteiger partial charge in [-0.2, -0.15) is 0 Å². The Morgan fingerprint density at radius 3 is 2.48 bits per heavy atom. The van der Waals surface area contributed by atoms with Crippen LogP contribution in [0.15, 0.2) is 47.4 Å². The summed E-state index contributed by atoms with van der Waals surface area (Å²) in [5, 5.41) is 0.456. The molecular weight excluding hydrogens is 381 g/mol. The molecule has 1 atom stereocenters. The first-order chi connectivity index (χ1) is 11.6. The molecule has 0 fully saturated rings. The zero-order chi connectivity index (χ0) is 18.4. The van der Waals surface area contributed by atoms with Crippen molar-refractivity contribution in [2.45, 2.75) is 31.7 Å². The van der Waals surface area contributed by atoms with Crippen LogP contribution in [0, 0.1) is 5.41 Å². The van der Waals surface area contributed by atoms with E-state index in [1.54, 1.807) is 24.3 Å². The number of hydrogen-bond donors (Lipinski definition) is 0. The van der Waals surface area contributed by atoms with Gasteiger partial charge in [0.1, 0.15) is 17.3 Å². The lowest BCUT2D eigenvalue weighted by molar-refractivity contribution is 0.193. The molecular formula is C18H19Cl2NO3S. The lowest BCUT2D eigenvalue weighted by Gasteiger charge is -2.43. The van der Waals surface area contributed by atoms with Crippen LogP contribution in [-0.2, 0) is 10.0 Å². The van der Waals surface area contributed by atoms with Gasteiger partial charge in [0.2, 0.25) is 0 Å². The van der Waals surface area contributed by atoms with Gasteiger partial charge in [-0.1, -0.05) is 56.1 Å². The minimum atomic E-state index is -3.92. The van der Waals surface area contributed by atoms with Crippen LogP contribution in [-0.4, -0.2) is 21.1 Å². The van der Waals surface area contributed by atoms with Crippen LogP contribution in [0.5, 0.6) is 5.75 Å². The Morgan fingerprint density at radius 2 is 1.80 bits per heavy atom. The molecule has 25 heavy (non-hydrogen) atoms. The second-order valence-corrected chi connectivity index (χ2v) is 9.66. The Hall–Kier alpha value is -1.43. The van der Waals surface area contributed by atoms with Crippen molar-refractivity contribution >= 4 is 38.9 Å². The molecule has 3 rings (SSSR count). The zero-order valence-electron chi connectivity index (χ0n) is 14.2. The van der Waals surface area contributed by atoms with Gasteiger partial charge in [-0.25, -0.2) is 8.42 Å². The molecule has 0 radical (unpaired) electrons. The number of anilines is 1. The van der Waals surface area contributed by atoms with E-state index in [1.165, 1.54) is 16.4 Å². The highest BCUT2D eigenvalue weighted by atomic mass is 35.5. The maximum Gasteiger partial charge on any atom is 0.266 e. The first-order valence-electron chi connectivity index (χ1n) is 7.83. The fourth-order valence-electron chi connectivity index (χ4n) is 2.85. The smallest absolute Gasteiger partial charge is 0.266 e. The Morgan fingerprint density at radius 1 is 1.12 bits per heavy atom. The number of para-hydroxylation sites is 2. The van der Waals surface area contributed by atoms with E-state index in [-0.39, 0.29) is 28.0 Å². The molecule has 0 aromatic heterocycles. The van der Waals surface area contributed by atoms with Crippen molar-refractivity contribution in [1.29, 1.82) is 0 Å². The number of halogens is 2. The summed E-state index contributed by atoms with van der Waals surface area (Å²) in [7, 11) is -3.92. The lowest BCUT2D eigenvalue weighted by atomic mass is 9.86. The quantitative estimate of drug-likeness (QED) is 0.713. The number of benzene rings is 2. The van der Waals surface area contributed by atoms with Crippen LogP contribution in [0.2, 0.25) is 10.0 Å². The van der Waals surface area contributed by atoms with Crippen molar-refractivity contribution in [3.63, 3.8) is 0 Å². The molecule has 1 aliphatic heterocycles. The maximum atomic E-state index is 13.5. The van der Waals surface area contributed by atoms with Gasteiger partial charge >= 0.3 is 0 Å². The summed E-state index contributed by atoms with van der Waals surface area (Å²) in [5.41, 5.74) is 0.163. The minimum Gasteiger partial charge on any atom is -0.489 e. The molecule has 2 aromatic rings. The Balaban J connectivity index is 2.24. The van der Waals surface area contributed by atoms with Gasteiger partial charge in [0, 0.05) is 5.02 Å². The molecule has 0 amide bonds. The van der Waals surface area contributed by atoms with Crippen LogP contribution < -0.4 is 9.04 Å². The third kappa shape index (κ3) is 3.33. The highest BCUT2D eigenvalue weighted by molar-refractivity contribution is 7.93. The molecule has 2 aromatic carbocycles. The van der Waals surface area contributed by atoms with Gasteiger partial charge in [0.05, 0.1) is 16.8 Å². The topological polar surface area (TPSA) is 46.6 Å². The fraction of sp³-hybridized carbons (Fsp3) is 0.333. The predicted octanol–water partition coefficient (Wildman–Crippen LogP) is 5.00. The zero-order valence-corrected chi connectivity index (χ0v) is 16.5. The summed E-state index contributed by atoms with van der Waals surface area (Å²) in [6.07, 6.45) is 0. The van der Waals surface area contributed by atoms with E-state index in [4.69, 9.17) is 27.9 Å². The largest absolute Gasteiger partial charge is 0.489 e. The van der Waals surface area contributed by atoms with Gasteiger partial charge in [-0.15, -0.1) is 0 Å². The Kier molecular flexibility index (Phi) is 4.69. The van der Waals surface area contributed by atoms with Gasteiger partial charge < -0.3 is 4.74 Å². The highest BCUT2D eigenvalue weighted by Gasteiger charge is 2.43. The average Bonchev–Trinajstić information content (AvgIpc) is 2.55. The summed E-state index contributed by atoms with van der Waals surface area (Å²) in [6.45, 7) is 6.21. The van der Waals surface area contributed by atoms with Crippen LogP contribution >= 0.6 is 23.2 Å². The maximum absolute atomic E-state index is 13.5. The van der Waals surface area contributed by atoms with Crippen molar-refractivity contribution in [3.05, 3.63) is 52.5 Å². The number of nitrogens with zero attached hydrogens (tertiary/aromatic N) is 1. The fourth-order valence-corrected chi connectivity index (χ4v) is 5.42. The SMILES string of the molecule is CC(C)(C)C1COc2ccccc2N1S(=O)(=O)c1cc(Cl)ccc1Cl. The summed E-state index contributed by atoms with van der Waals surface area (Å²) in [4.78, 5) is -0.00683. The van der Waals surface area contributed by atoms with E-state index in [0.29, 0.717) is 16.5 Å². The number of hydrogen-bond acceptors (Lipinski definition) is 3. The average molecular weight is 400 g/mol. The first-order valence-corrected chi connectivity index (χ1v) is 10.0. The molecule has 0 aliphatic carbocycles. The molecule has 4 nitrogen and oxygen atoms in total. The summed E-state index contributed by atoms with van der Waals surface area (Å²) >= 11 is 12.2. The molecule has 0 spiro atoms. The highest BCUT2D eigenvalue weighted by Crippen LogP contribution is 2.43. The van der Waals surface area contributed by atoms with E-state index in [0.717, 1.165) is 0 Å². The molecule has 1 unspecified atom stereocenters. The third-order valence-electron chi connectivity index (χ3n) is 4.21.